The molecule has 0 amide bonds. The van der Waals surface area contributed by atoms with Crippen molar-refractivity contribution in [3.8, 4) is 11.5 Å². The Labute approximate surface area is 118 Å². The van der Waals surface area contributed by atoms with Crippen LogP contribution in [0.15, 0.2) is 54.6 Å². The second-order valence-electron chi connectivity index (χ2n) is 4.15. The van der Waals surface area contributed by atoms with Crippen molar-refractivity contribution >= 4 is 15.7 Å². The molecular weight excluding hydrogens is 276 g/mol. The van der Waals surface area contributed by atoms with Gasteiger partial charge < -0.3 is 10.5 Å². The summed E-state index contributed by atoms with van der Waals surface area (Å²) in [6.07, 6.45) is 0. The molecule has 0 aliphatic rings. The molecule has 3 N–H and O–H groups in total. The van der Waals surface area contributed by atoms with E-state index in [0.717, 1.165) is 5.75 Å². The summed E-state index contributed by atoms with van der Waals surface area (Å²) in [5.74, 6) is 1.26. The molecule has 0 aliphatic heterocycles. The Morgan fingerprint density at radius 2 is 1.55 bits per heavy atom. The standard InChI is InChI=1S/C14H16N2O3S/c15-10-11-20(17,18)16-12-6-8-14(9-7-12)19-13-4-2-1-3-5-13/h1-9,16H,10-11,15H2. The SMILES string of the molecule is NCCS(=O)(=O)Nc1ccc(Oc2ccccc2)cc1. The van der Waals surface area contributed by atoms with Crippen molar-refractivity contribution in [3.63, 3.8) is 0 Å². The lowest BCUT2D eigenvalue weighted by molar-refractivity contribution is 0.483. The topological polar surface area (TPSA) is 81.4 Å². The van der Waals surface area contributed by atoms with Crippen LogP contribution in [-0.4, -0.2) is 20.7 Å². The molecule has 0 atom stereocenters. The average Bonchev–Trinajstić information content (AvgIpc) is 2.42. The Bertz CT molecular complexity index is 640. The number of benzene rings is 2. The number of hydrogen-bond donors (Lipinski definition) is 2. The second kappa shape index (κ2) is 6.40. The van der Waals surface area contributed by atoms with Gasteiger partial charge in [0.05, 0.1) is 5.75 Å². The third kappa shape index (κ3) is 4.25. The predicted molar refractivity (Wildman–Crippen MR) is 79.4 cm³/mol. The lowest BCUT2D eigenvalue weighted by Crippen LogP contribution is -2.22. The first-order valence-corrected chi connectivity index (χ1v) is 7.78. The van der Waals surface area contributed by atoms with Crippen LogP contribution in [0.3, 0.4) is 0 Å². The summed E-state index contributed by atoms with van der Waals surface area (Å²) in [4.78, 5) is 0. The van der Waals surface area contributed by atoms with E-state index in [1.807, 2.05) is 30.3 Å². The van der Waals surface area contributed by atoms with Crippen LogP contribution in [0.25, 0.3) is 0 Å². The van der Waals surface area contributed by atoms with Gasteiger partial charge in [0.2, 0.25) is 10.0 Å². The van der Waals surface area contributed by atoms with E-state index in [2.05, 4.69) is 4.72 Å². The zero-order valence-corrected chi connectivity index (χ0v) is 11.6. The van der Waals surface area contributed by atoms with Crippen molar-refractivity contribution in [2.45, 2.75) is 0 Å². The van der Waals surface area contributed by atoms with Gasteiger partial charge in [-0.3, -0.25) is 4.72 Å². The molecule has 2 aromatic carbocycles. The highest BCUT2D eigenvalue weighted by atomic mass is 32.2. The molecule has 0 radical (unpaired) electrons. The first-order chi connectivity index (χ1) is 9.59. The number of anilines is 1. The highest BCUT2D eigenvalue weighted by Gasteiger charge is 2.08. The molecular formula is C14H16N2O3S. The van der Waals surface area contributed by atoms with E-state index in [4.69, 9.17) is 10.5 Å². The Kier molecular flexibility index (Phi) is 4.60. The normalized spacial score (nSPS) is 11.1. The van der Waals surface area contributed by atoms with Crippen molar-refractivity contribution in [2.24, 2.45) is 5.73 Å². The van der Waals surface area contributed by atoms with Gasteiger partial charge in [-0.25, -0.2) is 8.42 Å². The van der Waals surface area contributed by atoms with Crippen LogP contribution in [0.5, 0.6) is 11.5 Å². The first kappa shape index (κ1) is 14.4. The van der Waals surface area contributed by atoms with Gasteiger partial charge in [0, 0.05) is 12.2 Å². The third-order valence-electron chi connectivity index (χ3n) is 2.49. The number of rotatable bonds is 6. The van der Waals surface area contributed by atoms with E-state index < -0.39 is 10.0 Å². The minimum atomic E-state index is -3.37. The van der Waals surface area contributed by atoms with Gasteiger partial charge in [-0.1, -0.05) is 18.2 Å². The molecule has 0 aromatic heterocycles. The Morgan fingerprint density at radius 1 is 0.950 bits per heavy atom. The lowest BCUT2D eigenvalue weighted by Gasteiger charge is -2.09. The molecule has 0 aliphatic carbocycles. The van der Waals surface area contributed by atoms with E-state index in [0.29, 0.717) is 11.4 Å². The molecule has 0 bridgehead atoms. The van der Waals surface area contributed by atoms with Gasteiger partial charge in [0.25, 0.3) is 0 Å². The number of nitrogens with two attached hydrogens (primary N) is 1. The maximum atomic E-state index is 11.6. The fourth-order valence-electron chi connectivity index (χ4n) is 1.60. The molecule has 0 heterocycles. The zero-order valence-electron chi connectivity index (χ0n) is 10.8. The fraction of sp³-hybridized carbons (Fsp3) is 0.143. The highest BCUT2D eigenvalue weighted by Crippen LogP contribution is 2.22. The summed E-state index contributed by atoms with van der Waals surface area (Å²) in [5, 5.41) is 0. The van der Waals surface area contributed by atoms with Crippen molar-refractivity contribution in [1.29, 1.82) is 0 Å². The van der Waals surface area contributed by atoms with Crippen LogP contribution >= 0.6 is 0 Å². The predicted octanol–water partition coefficient (Wildman–Crippen LogP) is 2.18. The van der Waals surface area contributed by atoms with Gasteiger partial charge in [0.1, 0.15) is 11.5 Å². The number of ether oxygens (including phenoxy) is 1. The minimum absolute atomic E-state index is 0.0878. The molecule has 20 heavy (non-hydrogen) atoms. The maximum Gasteiger partial charge on any atom is 0.233 e. The van der Waals surface area contributed by atoms with Gasteiger partial charge >= 0.3 is 0 Å². The summed E-state index contributed by atoms with van der Waals surface area (Å²) in [7, 11) is -3.37. The summed E-state index contributed by atoms with van der Waals surface area (Å²) < 4.78 is 31.2. The third-order valence-corrected chi connectivity index (χ3v) is 3.81. The summed E-state index contributed by atoms with van der Waals surface area (Å²) >= 11 is 0. The van der Waals surface area contributed by atoms with Crippen molar-refractivity contribution in [2.75, 3.05) is 17.0 Å². The molecule has 5 nitrogen and oxygen atoms in total. The van der Waals surface area contributed by atoms with Crippen molar-refractivity contribution in [1.82, 2.24) is 0 Å². The average molecular weight is 292 g/mol. The van der Waals surface area contributed by atoms with E-state index >= 15 is 0 Å². The maximum absolute atomic E-state index is 11.6. The Hall–Kier alpha value is -2.05. The van der Waals surface area contributed by atoms with Gasteiger partial charge in [-0.05, 0) is 36.4 Å². The molecule has 0 saturated heterocycles. The molecule has 2 aromatic rings. The van der Waals surface area contributed by atoms with E-state index in [1.54, 1.807) is 24.3 Å². The second-order valence-corrected chi connectivity index (χ2v) is 5.99. The first-order valence-electron chi connectivity index (χ1n) is 6.12. The lowest BCUT2D eigenvalue weighted by atomic mass is 10.3. The highest BCUT2D eigenvalue weighted by molar-refractivity contribution is 7.92. The number of sulfonamides is 1. The van der Waals surface area contributed by atoms with Crippen molar-refractivity contribution < 1.29 is 13.2 Å². The van der Waals surface area contributed by atoms with E-state index in [-0.39, 0.29) is 12.3 Å². The molecule has 0 saturated carbocycles. The zero-order chi connectivity index (χ0) is 14.4. The molecule has 2 rings (SSSR count). The summed E-state index contributed by atoms with van der Waals surface area (Å²) in [6, 6.07) is 16.0. The van der Waals surface area contributed by atoms with E-state index in [9.17, 15) is 8.42 Å². The van der Waals surface area contributed by atoms with Crippen LogP contribution in [0, 0.1) is 0 Å². The van der Waals surface area contributed by atoms with Crippen molar-refractivity contribution in [3.05, 3.63) is 54.6 Å². The number of hydrogen-bond acceptors (Lipinski definition) is 4. The summed E-state index contributed by atoms with van der Waals surface area (Å²) in [6.45, 7) is 0.0878. The quantitative estimate of drug-likeness (QED) is 0.855. The Morgan fingerprint density at radius 3 is 2.15 bits per heavy atom. The fourth-order valence-corrected chi connectivity index (χ4v) is 2.51. The van der Waals surface area contributed by atoms with Crippen LogP contribution in [0.4, 0.5) is 5.69 Å². The molecule has 0 unspecified atom stereocenters. The van der Waals surface area contributed by atoms with E-state index in [1.165, 1.54) is 0 Å². The van der Waals surface area contributed by atoms with Crippen LogP contribution < -0.4 is 15.2 Å². The largest absolute Gasteiger partial charge is 0.457 e. The van der Waals surface area contributed by atoms with Gasteiger partial charge in [-0.15, -0.1) is 0 Å². The number of para-hydroxylation sites is 1. The van der Waals surface area contributed by atoms with Crippen LogP contribution in [0.2, 0.25) is 0 Å². The minimum Gasteiger partial charge on any atom is -0.457 e. The monoisotopic (exact) mass is 292 g/mol. The molecule has 0 fully saturated rings. The number of nitrogens with one attached hydrogen (secondary N) is 1. The smallest absolute Gasteiger partial charge is 0.233 e. The molecule has 6 heteroatoms. The Balaban J connectivity index is 2.03. The van der Waals surface area contributed by atoms with Gasteiger partial charge in [0.15, 0.2) is 0 Å². The molecule has 106 valence electrons. The summed E-state index contributed by atoms with van der Waals surface area (Å²) in [5.41, 5.74) is 5.72. The molecule has 0 spiro atoms. The van der Waals surface area contributed by atoms with Gasteiger partial charge in [-0.2, -0.15) is 0 Å². The van der Waals surface area contributed by atoms with Crippen LogP contribution in [0.1, 0.15) is 0 Å². The van der Waals surface area contributed by atoms with Crippen LogP contribution in [-0.2, 0) is 10.0 Å².